The SMILES string of the molecule is CC(=O)O.FC(F)(F)c1ccc(CN2CCCCC2)cc1. The Labute approximate surface area is 122 Å². The molecule has 1 aromatic rings. The van der Waals surface area contributed by atoms with Gasteiger partial charge in [0.2, 0.25) is 0 Å². The third-order valence-corrected chi connectivity index (χ3v) is 3.14. The van der Waals surface area contributed by atoms with Crippen molar-refractivity contribution in [1.82, 2.24) is 4.90 Å². The number of benzene rings is 1. The zero-order valence-electron chi connectivity index (χ0n) is 12.0. The number of aliphatic carboxylic acids is 1. The van der Waals surface area contributed by atoms with Gasteiger partial charge in [-0.1, -0.05) is 18.6 Å². The largest absolute Gasteiger partial charge is 0.481 e. The molecule has 0 bridgehead atoms. The highest BCUT2D eigenvalue weighted by atomic mass is 19.4. The highest BCUT2D eigenvalue weighted by molar-refractivity contribution is 5.62. The van der Waals surface area contributed by atoms with Gasteiger partial charge < -0.3 is 5.11 Å². The molecule has 1 aliphatic rings. The minimum absolute atomic E-state index is 0.570. The Morgan fingerprint density at radius 3 is 2.05 bits per heavy atom. The Kier molecular flexibility index (Phi) is 6.68. The van der Waals surface area contributed by atoms with E-state index >= 15 is 0 Å². The second-order valence-corrected chi connectivity index (χ2v) is 5.05. The van der Waals surface area contributed by atoms with Gasteiger partial charge in [0.05, 0.1) is 5.56 Å². The van der Waals surface area contributed by atoms with Crippen molar-refractivity contribution < 1.29 is 23.1 Å². The molecular formula is C15H20F3NO2. The van der Waals surface area contributed by atoms with E-state index in [1.165, 1.54) is 31.4 Å². The fourth-order valence-electron chi connectivity index (χ4n) is 2.17. The van der Waals surface area contributed by atoms with Crippen LogP contribution in [0.1, 0.15) is 37.3 Å². The van der Waals surface area contributed by atoms with Gasteiger partial charge in [-0.05, 0) is 43.6 Å². The number of carboxylic acids is 1. The summed E-state index contributed by atoms with van der Waals surface area (Å²) in [6, 6.07) is 5.49. The highest BCUT2D eigenvalue weighted by Gasteiger charge is 2.29. The third kappa shape index (κ3) is 7.13. The van der Waals surface area contributed by atoms with E-state index in [0.717, 1.165) is 32.1 Å². The molecule has 3 nitrogen and oxygen atoms in total. The number of likely N-dealkylation sites (tertiary alicyclic amines) is 1. The summed E-state index contributed by atoms with van der Waals surface area (Å²) in [5, 5.41) is 7.42. The summed E-state index contributed by atoms with van der Waals surface area (Å²) in [5.74, 6) is -0.833. The minimum Gasteiger partial charge on any atom is -0.481 e. The first-order valence-corrected chi connectivity index (χ1v) is 6.87. The predicted octanol–water partition coefficient (Wildman–Crippen LogP) is 3.78. The number of carbonyl (C=O) groups is 1. The number of nitrogens with zero attached hydrogens (tertiary/aromatic N) is 1. The lowest BCUT2D eigenvalue weighted by Crippen LogP contribution is -2.29. The van der Waals surface area contributed by atoms with Gasteiger partial charge in [0, 0.05) is 13.5 Å². The lowest BCUT2D eigenvalue weighted by atomic mass is 10.1. The maximum Gasteiger partial charge on any atom is 0.416 e. The number of rotatable bonds is 2. The lowest BCUT2D eigenvalue weighted by Gasteiger charge is -2.26. The Hall–Kier alpha value is -1.56. The van der Waals surface area contributed by atoms with Gasteiger partial charge in [-0.25, -0.2) is 0 Å². The van der Waals surface area contributed by atoms with Crippen LogP contribution in [0.3, 0.4) is 0 Å². The minimum atomic E-state index is -4.23. The second kappa shape index (κ2) is 8.02. The van der Waals surface area contributed by atoms with Crippen LogP contribution in [-0.4, -0.2) is 29.1 Å². The van der Waals surface area contributed by atoms with E-state index in [1.807, 2.05) is 0 Å². The molecule has 1 heterocycles. The van der Waals surface area contributed by atoms with Crippen molar-refractivity contribution in [2.24, 2.45) is 0 Å². The van der Waals surface area contributed by atoms with E-state index in [1.54, 1.807) is 12.1 Å². The molecule has 1 N–H and O–H groups in total. The van der Waals surface area contributed by atoms with E-state index in [-0.39, 0.29) is 0 Å². The number of piperidine rings is 1. The monoisotopic (exact) mass is 303 g/mol. The summed E-state index contributed by atoms with van der Waals surface area (Å²) in [6.45, 7) is 3.96. The van der Waals surface area contributed by atoms with Crippen molar-refractivity contribution in [3.63, 3.8) is 0 Å². The van der Waals surface area contributed by atoms with Crippen LogP contribution >= 0.6 is 0 Å². The molecule has 0 spiro atoms. The van der Waals surface area contributed by atoms with Gasteiger partial charge in [0.15, 0.2) is 0 Å². The van der Waals surface area contributed by atoms with E-state index in [9.17, 15) is 13.2 Å². The van der Waals surface area contributed by atoms with Crippen LogP contribution in [0.5, 0.6) is 0 Å². The van der Waals surface area contributed by atoms with E-state index in [4.69, 9.17) is 9.90 Å². The fourth-order valence-corrected chi connectivity index (χ4v) is 2.17. The zero-order valence-corrected chi connectivity index (χ0v) is 12.0. The van der Waals surface area contributed by atoms with Crippen molar-refractivity contribution in [3.8, 4) is 0 Å². The first-order valence-electron chi connectivity index (χ1n) is 6.87. The lowest BCUT2D eigenvalue weighted by molar-refractivity contribution is -0.137. The van der Waals surface area contributed by atoms with Gasteiger partial charge >= 0.3 is 6.18 Å². The molecule has 2 rings (SSSR count). The zero-order chi connectivity index (χ0) is 15.9. The standard InChI is InChI=1S/C13H16F3N.C2H4O2/c14-13(15,16)12-6-4-11(5-7-12)10-17-8-2-1-3-9-17;1-2(3)4/h4-7H,1-3,8-10H2;1H3,(H,3,4). The predicted molar refractivity (Wildman–Crippen MR) is 73.9 cm³/mol. The summed E-state index contributed by atoms with van der Waals surface area (Å²) in [5.41, 5.74) is 0.389. The highest BCUT2D eigenvalue weighted by Crippen LogP contribution is 2.29. The smallest absolute Gasteiger partial charge is 0.416 e. The van der Waals surface area contributed by atoms with Gasteiger partial charge in [-0.15, -0.1) is 0 Å². The number of hydrogen-bond acceptors (Lipinski definition) is 2. The molecule has 118 valence electrons. The van der Waals surface area contributed by atoms with Crippen LogP contribution in [0.4, 0.5) is 13.2 Å². The topological polar surface area (TPSA) is 40.5 Å². The summed E-state index contributed by atoms with van der Waals surface area (Å²) in [7, 11) is 0. The molecule has 1 aromatic carbocycles. The molecule has 0 unspecified atom stereocenters. The Morgan fingerprint density at radius 1 is 1.14 bits per heavy atom. The van der Waals surface area contributed by atoms with Crippen LogP contribution < -0.4 is 0 Å². The Bertz CT molecular complexity index is 433. The first-order chi connectivity index (χ1) is 9.79. The summed E-state index contributed by atoms with van der Waals surface area (Å²) < 4.78 is 37.1. The average Bonchev–Trinajstić information content (AvgIpc) is 2.39. The molecule has 1 saturated heterocycles. The van der Waals surface area contributed by atoms with Crippen LogP contribution in [0.15, 0.2) is 24.3 Å². The number of carboxylic acid groups (broad SMARTS) is 1. The fraction of sp³-hybridized carbons (Fsp3) is 0.533. The molecular weight excluding hydrogens is 283 g/mol. The van der Waals surface area contributed by atoms with Crippen LogP contribution in [0.2, 0.25) is 0 Å². The van der Waals surface area contributed by atoms with Crippen LogP contribution in [0.25, 0.3) is 0 Å². The maximum atomic E-state index is 12.4. The summed E-state index contributed by atoms with van der Waals surface area (Å²) in [6.07, 6.45) is -0.575. The normalized spacial score (nSPS) is 16.0. The van der Waals surface area contributed by atoms with E-state index in [2.05, 4.69) is 4.90 Å². The van der Waals surface area contributed by atoms with Crippen molar-refractivity contribution in [2.75, 3.05) is 13.1 Å². The third-order valence-electron chi connectivity index (χ3n) is 3.14. The Balaban J connectivity index is 0.000000491. The quantitative estimate of drug-likeness (QED) is 0.904. The van der Waals surface area contributed by atoms with Crippen molar-refractivity contribution in [1.29, 1.82) is 0 Å². The first kappa shape index (κ1) is 17.5. The van der Waals surface area contributed by atoms with Crippen LogP contribution in [0, 0.1) is 0 Å². The summed E-state index contributed by atoms with van der Waals surface area (Å²) in [4.78, 5) is 11.3. The van der Waals surface area contributed by atoms with Crippen molar-refractivity contribution in [2.45, 2.75) is 38.9 Å². The number of hydrogen-bond donors (Lipinski definition) is 1. The molecule has 0 aliphatic carbocycles. The number of halogens is 3. The second-order valence-electron chi connectivity index (χ2n) is 5.05. The number of alkyl halides is 3. The molecule has 0 saturated carbocycles. The molecule has 0 atom stereocenters. The molecule has 0 amide bonds. The van der Waals surface area contributed by atoms with Crippen molar-refractivity contribution >= 4 is 5.97 Å². The summed E-state index contributed by atoms with van der Waals surface area (Å²) >= 11 is 0. The van der Waals surface area contributed by atoms with Gasteiger partial charge in [-0.3, -0.25) is 9.69 Å². The average molecular weight is 303 g/mol. The van der Waals surface area contributed by atoms with Gasteiger partial charge in [0.25, 0.3) is 5.97 Å². The Morgan fingerprint density at radius 2 is 1.62 bits per heavy atom. The van der Waals surface area contributed by atoms with Crippen LogP contribution in [-0.2, 0) is 17.5 Å². The van der Waals surface area contributed by atoms with Crippen molar-refractivity contribution in [3.05, 3.63) is 35.4 Å². The van der Waals surface area contributed by atoms with E-state index < -0.39 is 17.7 Å². The molecule has 1 aliphatic heterocycles. The van der Waals surface area contributed by atoms with Gasteiger partial charge in [0.1, 0.15) is 0 Å². The molecule has 1 fully saturated rings. The molecule has 6 heteroatoms. The molecule has 21 heavy (non-hydrogen) atoms. The van der Waals surface area contributed by atoms with E-state index in [0.29, 0.717) is 0 Å². The molecule has 0 aromatic heterocycles. The van der Waals surface area contributed by atoms with Gasteiger partial charge in [-0.2, -0.15) is 13.2 Å². The molecule has 0 radical (unpaired) electrons. The maximum absolute atomic E-state index is 12.4.